The first-order valence-corrected chi connectivity index (χ1v) is 4.27. The molecule has 0 rings (SSSR count). The summed E-state index contributed by atoms with van der Waals surface area (Å²) in [4.78, 5) is 38.3. The molecule has 0 amide bonds. The molecule has 21 heavy (non-hydrogen) atoms. The summed E-state index contributed by atoms with van der Waals surface area (Å²) >= 11 is 0. The number of halogens is 6. The molecule has 0 aliphatic carbocycles. The fourth-order valence-electron chi connectivity index (χ4n) is 0.463. The van der Waals surface area contributed by atoms with Gasteiger partial charge in [0.1, 0.15) is 0 Å². The third-order valence-electron chi connectivity index (χ3n) is 1.24. The zero-order valence-electron chi connectivity index (χ0n) is 9.45. The van der Waals surface area contributed by atoms with Crippen LogP contribution < -0.4 is 10.2 Å². The van der Waals surface area contributed by atoms with E-state index in [2.05, 4.69) is 0 Å². The van der Waals surface area contributed by atoms with Gasteiger partial charge in [-0.3, -0.25) is 9.59 Å². The van der Waals surface area contributed by atoms with Gasteiger partial charge in [-0.1, -0.05) is 0 Å². The first-order valence-electron chi connectivity index (χ1n) is 4.27. The largest absolute Gasteiger partial charge is 2.00 e. The van der Waals surface area contributed by atoms with Crippen molar-refractivity contribution in [3.63, 3.8) is 0 Å². The summed E-state index contributed by atoms with van der Waals surface area (Å²) in [5.41, 5.74) is 0. The smallest absolute Gasteiger partial charge is 0.550 e. The van der Waals surface area contributed by atoms with Gasteiger partial charge in [0.15, 0.2) is 0 Å². The number of ketones is 2. The van der Waals surface area contributed by atoms with Crippen molar-refractivity contribution in [2.24, 2.45) is 0 Å². The molecule has 0 fully saturated rings. The molecule has 0 aromatic heterocycles. The minimum atomic E-state index is -5.07. The van der Waals surface area contributed by atoms with Crippen molar-refractivity contribution in [2.45, 2.75) is 25.2 Å². The van der Waals surface area contributed by atoms with Gasteiger partial charge in [-0.15, -0.1) is 0 Å². The van der Waals surface area contributed by atoms with Crippen LogP contribution in [0.1, 0.15) is 12.8 Å². The zero-order valence-corrected chi connectivity index (χ0v) is 11.7. The van der Waals surface area contributed by atoms with Crippen molar-refractivity contribution in [2.75, 3.05) is 0 Å². The van der Waals surface area contributed by atoms with Gasteiger partial charge in [0.25, 0.3) is 0 Å². The van der Waals surface area contributed by atoms with Crippen LogP contribution in [-0.2, 0) is 40.2 Å². The van der Waals surface area contributed by atoms with Crippen LogP contribution in [-0.4, -0.2) is 35.9 Å². The Morgan fingerprint density at radius 1 is 0.667 bits per heavy atom. The molecule has 0 spiro atoms. The number of aliphatic carboxylic acids is 2. The van der Waals surface area contributed by atoms with Crippen LogP contribution in [0.25, 0.3) is 0 Å². The zero-order chi connectivity index (χ0) is 16.7. The normalized spacial score (nSPS) is 10.6. The van der Waals surface area contributed by atoms with E-state index in [9.17, 15) is 55.7 Å². The molecule has 0 aliphatic rings. The first-order chi connectivity index (χ1) is 8.67. The van der Waals surface area contributed by atoms with Crippen molar-refractivity contribution in [1.82, 2.24) is 0 Å². The van der Waals surface area contributed by atoms with Gasteiger partial charge in [-0.2, -0.15) is 26.3 Å². The second-order valence-corrected chi connectivity index (χ2v) is 2.94. The van der Waals surface area contributed by atoms with Gasteiger partial charge in [0.2, 0.25) is 11.6 Å². The summed E-state index contributed by atoms with van der Waals surface area (Å²) in [5, 5.41) is 18.8. The average Bonchev–Trinajstić information content (AvgIpc) is 2.13. The van der Waals surface area contributed by atoms with Crippen LogP contribution in [0.5, 0.6) is 0 Å². The van der Waals surface area contributed by atoms with Gasteiger partial charge in [0.05, 0.1) is 12.8 Å². The standard InChI is InChI=1S/2C4H3F3O3.Pt/c2*5-4(6,7)2(8)1-3(9)10;/h2*1H2,(H,9,10);/q;;+2/p-2. The number of hydrogen-bond donors (Lipinski definition) is 0. The molecule has 0 atom stereocenters. The molecule has 0 saturated heterocycles. The van der Waals surface area contributed by atoms with E-state index in [0.717, 1.165) is 0 Å². The second kappa shape index (κ2) is 9.48. The van der Waals surface area contributed by atoms with E-state index in [1.54, 1.807) is 0 Å². The average molecular weight is 505 g/mol. The summed E-state index contributed by atoms with van der Waals surface area (Å²) in [6.07, 6.45) is -13.4. The molecule has 0 unspecified atom stereocenters. The van der Waals surface area contributed by atoms with Gasteiger partial charge in [0, 0.05) is 11.9 Å². The molecule has 0 heterocycles. The summed E-state index contributed by atoms with van der Waals surface area (Å²) in [6.45, 7) is 0. The van der Waals surface area contributed by atoms with Gasteiger partial charge < -0.3 is 19.8 Å². The molecule has 124 valence electrons. The maximum absolute atomic E-state index is 11.2. The van der Waals surface area contributed by atoms with Gasteiger partial charge in [-0.05, 0) is 0 Å². The second-order valence-electron chi connectivity index (χ2n) is 2.94. The number of carbonyl (C=O) groups is 4. The fraction of sp³-hybridized carbons (Fsp3) is 0.500. The molecule has 0 N–H and O–H groups in total. The Balaban J connectivity index is -0.000000295. The number of hydrogen-bond acceptors (Lipinski definition) is 6. The molecule has 6 nitrogen and oxygen atoms in total. The Bertz CT molecular complexity index is 363. The van der Waals surface area contributed by atoms with Crippen molar-refractivity contribution in [1.29, 1.82) is 0 Å². The maximum Gasteiger partial charge on any atom is 2.00 e. The Morgan fingerprint density at radius 3 is 0.905 bits per heavy atom. The van der Waals surface area contributed by atoms with E-state index in [1.807, 2.05) is 0 Å². The SMILES string of the molecule is O=C([O-])CC(=O)C(F)(F)F.O=C([O-])CC(=O)C(F)(F)F.[Pt+2]. The Morgan fingerprint density at radius 2 is 0.857 bits per heavy atom. The minimum Gasteiger partial charge on any atom is -0.550 e. The predicted octanol–water partition coefficient (Wildman–Crippen LogP) is -1.49. The van der Waals surface area contributed by atoms with Crippen LogP contribution in [0.15, 0.2) is 0 Å². The molecule has 13 heteroatoms. The van der Waals surface area contributed by atoms with Crippen LogP contribution in [0, 0.1) is 0 Å². The summed E-state index contributed by atoms with van der Waals surface area (Å²) in [6, 6.07) is 0. The first kappa shape index (κ1) is 24.6. The van der Waals surface area contributed by atoms with Crippen LogP contribution in [0.4, 0.5) is 26.3 Å². The molecular formula is C8H4F6O6Pt. The number of Topliss-reactive ketones (excluding diaryl/α,β-unsaturated/α-hetero) is 2. The van der Waals surface area contributed by atoms with Crippen molar-refractivity contribution in [3.8, 4) is 0 Å². The van der Waals surface area contributed by atoms with Crippen LogP contribution in [0.3, 0.4) is 0 Å². The molecule has 0 aromatic rings. The van der Waals surface area contributed by atoms with E-state index < -0.39 is 48.7 Å². The molecule has 0 aromatic carbocycles. The van der Waals surface area contributed by atoms with E-state index in [0.29, 0.717) is 0 Å². The summed E-state index contributed by atoms with van der Waals surface area (Å²) in [7, 11) is 0. The van der Waals surface area contributed by atoms with E-state index in [-0.39, 0.29) is 21.1 Å². The Labute approximate surface area is 126 Å². The molecule has 0 bridgehead atoms. The monoisotopic (exact) mass is 505 g/mol. The molecule has 0 saturated carbocycles. The van der Waals surface area contributed by atoms with Gasteiger partial charge >= 0.3 is 33.4 Å². The molecule has 0 radical (unpaired) electrons. The topological polar surface area (TPSA) is 114 Å². The number of rotatable bonds is 4. The van der Waals surface area contributed by atoms with E-state index in [4.69, 9.17) is 0 Å². The van der Waals surface area contributed by atoms with Crippen LogP contribution >= 0.6 is 0 Å². The van der Waals surface area contributed by atoms with Gasteiger partial charge in [-0.25, -0.2) is 0 Å². The van der Waals surface area contributed by atoms with Crippen molar-refractivity contribution >= 4 is 23.5 Å². The maximum atomic E-state index is 11.2. The predicted molar refractivity (Wildman–Crippen MR) is 41.4 cm³/mol. The number of carboxylic acids is 2. The number of carboxylic acid groups (broad SMARTS) is 2. The third kappa shape index (κ3) is 14.8. The number of carbonyl (C=O) groups excluding carboxylic acids is 4. The number of alkyl halides is 6. The third-order valence-corrected chi connectivity index (χ3v) is 1.24. The van der Waals surface area contributed by atoms with E-state index in [1.165, 1.54) is 0 Å². The van der Waals surface area contributed by atoms with E-state index >= 15 is 0 Å². The summed E-state index contributed by atoms with van der Waals surface area (Å²) < 4.78 is 67.0. The Kier molecular flexibility index (Phi) is 11.1. The molecular weight excluding hydrogens is 501 g/mol. The Hall–Kier alpha value is -1.45. The van der Waals surface area contributed by atoms with Crippen molar-refractivity contribution < 1.29 is 76.8 Å². The minimum absolute atomic E-state index is 0. The summed E-state index contributed by atoms with van der Waals surface area (Å²) in [5.74, 6) is -8.65. The van der Waals surface area contributed by atoms with Crippen LogP contribution in [0.2, 0.25) is 0 Å². The molecule has 0 aliphatic heterocycles. The quantitative estimate of drug-likeness (QED) is 0.340. The fourth-order valence-corrected chi connectivity index (χ4v) is 0.463. The van der Waals surface area contributed by atoms with Crippen molar-refractivity contribution in [3.05, 3.63) is 0 Å².